The molecule has 2 rings (SSSR count). The molecule has 0 radical (unpaired) electrons. The number of nitrogens with zero attached hydrogens (tertiary/aromatic N) is 2. The van der Waals surface area contributed by atoms with Crippen LogP contribution in [0.15, 0.2) is 24.3 Å². The topological polar surface area (TPSA) is 35.9 Å². The maximum Gasteiger partial charge on any atom is 0.126 e. The third-order valence-electron chi connectivity index (χ3n) is 4.13. The summed E-state index contributed by atoms with van der Waals surface area (Å²) in [7, 11) is 0. The number of piperazine rings is 1. The van der Waals surface area contributed by atoms with Crippen molar-refractivity contribution >= 4 is 0 Å². The van der Waals surface area contributed by atoms with E-state index in [1.165, 1.54) is 12.1 Å². The lowest BCUT2D eigenvalue weighted by Gasteiger charge is -2.41. The van der Waals surface area contributed by atoms with E-state index in [-0.39, 0.29) is 11.9 Å². The number of hydrogen-bond acceptors (Lipinski definition) is 4. The van der Waals surface area contributed by atoms with E-state index in [0.717, 1.165) is 39.1 Å². The van der Waals surface area contributed by atoms with Crippen molar-refractivity contribution in [2.45, 2.75) is 32.4 Å². The summed E-state index contributed by atoms with van der Waals surface area (Å²) in [6.45, 7) is 9.13. The molecule has 0 spiro atoms. The lowest BCUT2D eigenvalue weighted by molar-refractivity contribution is 0.0322. The Bertz CT molecular complexity index is 456. The van der Waals surface area contributed by atoms with Gasteiger partial charge in [-0.15, -0.1) is 0 Å². The summed E-state index contributed by atoms with van der Waals surface area (Å²) < 4.78 is 18.7. The normalized spacial score (nSPS) is 21.7. The molecule has 0 bridgehead atoms. The molecule has 124 valence electrons. The smallest absolute Gasteiger partial charge is 0.126 e. The lowest BCUT2D eigenvalue weighted by atomic mass is 10.1. The average Bonchev–Trinajstić information content (AvgIpc) is 2.48. The number of aliphatic hydroxyl groups is 1. The van der Waals surface area contributed by atoms with Crippen molar-refractivity contribution in [3.05, 3.63) is 30.1 Å². The summed E-state index contributed by atoms with van der Waals surface area (Å²) in [5.74, 6) is 0.315. The Hall–Kier alpha value is -1.17. The fraction of sp³-hybridized carbons (Fsp3) is 0.647. The maximum atomic E-state index is 13.1. The van der Waals surface area contributed by atoms with Gasteiger partial charge in [0.05, 0.1) is 6.10 Å². The average molecular weight is 310 g/mol. The molecule has 1 N–H and O–H groups in total. The Labute approximate surface area is 132 Å². The molecule has 0 unspecified atom stereocenters. The molecule has 0 saturated carbocycles. The van der Waals surface area contributed by atoms with Gasteiger partial charge in [0, 0.05) is 44.8 Å². The zero-order valence-electron chi connectivity index (χ0n) is 13.5. The summed E-state index contributed by atoms with van der Waals surface area (Å²) in [4.78, 5) is 4.75. The van der Waals surface area contributed by atoms with E-state index in [1.54, 1.807) is 12.1 Å². The maximum absolute atomic E-state index is 13.1. The van der Waals surface area contributed by atoms with Gasteiger partial charge in [0.15, 0.2) is 0 Å². The summed E-state index contributed by atoms with van der Waals surface area (Å²) in [6, 6.07) is 6.75. The van der Waals surface area contributed by atoms with Crippen LogP contribution in [0.4, 0.5) is 4.39 Å². The van der Waals surface area contributed by atoms with Crippen LogP contribution in [0.25, 0.3) is 0 Å². The molecule has 1 aliphatic rings. The van der Waals surface area contributed by atoms with Gasteiger partial charge in [-0.05, 0) is 25.5 Å². The largest absolute Gasteiger partial charge is 0.492 e. The molecule has 22 heavy (non-hydrogen) atoms. The highest BCUT2D eigenvalue weighted by Crippen LogP contribution is 2.15. The van der Waals surface area contributed by atoms with E-state index in [2.05, 4.69) is 16.7 Å². The van der Waals surface area contributed by atoms with Crippen molar-refractivity contribution < 1.29 is 14.2 Å². The van der Waals surface area contributed by atoms with Crippen LogP contribution < -0.4 is 4.74 Å². The van der Waals surface area contributed by atoms with Gasteiger partial charge in [-0.1, -0.05) is 13.0 Å². The van der Waals surface area contributed by atoms with Crippen LogP contribution in [0.3, 0.4) is 0 Å². The van der Waals surface area contributed by atoms with Gasteiger partial charge in [-0.2, -0.15) is 0 Å². The SMILES string of the molecule is CC[C@H]1CN(CCOc2cccc(F)c2)CCN1C[C@H](C)O. The van der Waals surface area contributed by atoms with Crippen LogP contribution in [-0.4, -0.2) is 66.4 Å². The fourth-order valence-corrected chi connectivity index (χ4v) is 2.98. The predicted molar refractivity (Wildman–Crippen MR) is 85.7 cm³/mol. The van der Waals surface area contributed by atoms with E-state index in [9.17, 15) is 9.50 Å². The number of rotatable bonds is 7. The lowest BCUT2D eigenvalue weighted by Crippen LogP contribution is -2.55. The third-order valence-corrected chi connectivity index (χ3v) is 4.13. The molecule has 2 atom stereocenters. The van der Waals surface area contributed by atoms with E-state index in [0.29, 0.717) is 18.4 Å². The first kappa shape index (κ1) is 17.2. The Morgan fingerprint density at radius 3 is 2.91 bits per heavy atom. The molecule has 0 amide bonds. The van der Waals surface area contributed by atoms with Crippen LogP contribution in [0, 0.1) is 5.82 Å². The molecule has 1 aromatic carbocycles. The first-order valence-corrected chi connectivity index (χ1v) is 8.11. The Morgan fingerprint density at radius 1 is 1.41 bits per heavy atom. The summed E-state index contributed by atoms with van der Waals surface area (Å²) in [5, 5.41) is 9.57. The molecule has 1 heterocycles. The second kappa shape index (κ2) is 8.46. The number of β-amino-alcohol motifs (C(OH)–C–C–N with tert-alkyl or cyclic N) is 1. The van der Waals surface area contributed by atoms with Crippen molar-refractivity contribution in [1.29, 1.82) is 0 Å². The molecule has 0 aliphatic carbocycles. The van der Waals surface area contributed by atoms with Crippen molar-refractivity contribution in [2.75, 3.05) is 39.3 Å². The summed E-state index contributed by atoms with van der Waals surface area (Å²) in [6.07, 6.45) is 0.797. The zero-order chi connectivity index (χ0) is 15.9. The van der Waals surface area contributed by atoms with Crippen molar-refractivity contribution in [2.24, 2.45) is 0 Å². The molecular weight excluding hydrogens is 283 g/mol. The highest BCUT2D eigenvalue weighted by molar-refractivity contribution is 5.22. The number of ether oxygens (including phenoxy) is 1. The second-order valence-corrected chi connectivity index (χ2v) is 6.01. The number of hydrogen-bond donors (Lipinski definition) is 1. The van der Waals surface area contributed by atoms with Crippen molar-refractivity contribution in [1.82, 2.24) is 9.80 Å². The van der Waals surface area contributed by atoms with Crippen LogP contribution in [0.5, 0.6) is 5.75 Å². The van der Waals surface area contributed by atoms with Crippen LogP contribution in [0.1, 0.15) is 20.3 Å². The monoisotopic (exact) mass is 310 g/mol. The van der Waals surface area contributed by atoms with Gasteiger partial charge in [0.1, 0.15) is 18.2 Å². The van der Waals surface area contributed by atoms with Gasteiger partial charge in [-0.25, -0.2) is 4.39 Å². The van der Waals surface area contributed by atoms with E-state index >= 15 is 0 Å². The number of aliphatic hydroxyl groups excluding tert-OH is 1. The first-order valence-electron chi connectivity index (χ1n) is 8.11. The van der Waals surface area contributed by atoms with Crippen LogP contribution in [0.2, 0.25) is 0 Å². The van der Waals surface area contributed by atoms with E-state index < -0.39 is 0 Å². The molecular formula is C17H27FN2O2. The van der Waals surface area contributed by atoms with Crippen LogP contribution in [-0.2, 0) is 0 Å². The molecule has 1 fully saturated rings. The second-order valence-electron chi connectivity index (χ2n) is 6.01. The minimum Gasteiger partial charge on any atom is -0.492 e. The van der Waals surface area contributed by atoms with Gasteiger partial charge in [0.2, 0.25) is 0 Å². The third kappa shape index (κ3) is 5.23. The highest BCUT2D eigenvalue weighted by Gasteiger charge is 2.26. The fourth-order valence-electron chi connectivity index (χ4n) is 2.98. The van der Waals surface area contributed by atoms with E-state index in [1.807, 2.05) is 6.92 Å². The standard InChI is InChI=1S/C17H27FN2O2/c1-3-16-13-19(7-8-20(16)12-14(2)21)9-10-22-17-6-4-5-15(18)11-17/h4-6,11,14,16,21H,3,7-10,12-13H2,1-2H3/t14-,16-/m0/s1. The molecule has 1 aromatic rings. The quantitative estimate of drug-likeness (QED) is 0.835. The first-order chi connectivity index (χ1) is 10.6. The molecule has 1 aliphatic heterocycles. The minimum absolute atomic E-state index is 0.268. The zero-order valence-corrected chi connectivity index (χ0v) is 13.5. The predicted octanol–water partition coefficient (Wildman–Crippen LogP) is 1.98. The highest BCUT2D eigenvalue weighted by atomic mass is 19.1. The summed E-state index contributed by atoms with van der Waals surface area (Å²) >= 11 is 0. The number of halogens is 1. The van der Waals surface area contributed by atoms with E-state index in [4.69, 9.17) is 4.74 Å². The van der Waals surface area contributed by atoms with Gasteiger partial charge in [-0.3, -0.25) is 9.80 Å². The van der Waals surface area contributed by atoms with Gasteiger partial charge < -0.3 is 9.84 Å². The Balaban J connectivity index is 1.75. The number of benzene rings is 1. The molecule has 1 saturated heterocycles. The van der Waals surface area contributed by atoms with Crippen molar-refractivity contribution in [3.63, 3.8) is 0 Å². The molecule has 4 nitrogen and oxygen atoms in total. The summed E-state index contributed by atoms with van der Waals surface area (Å²) in [5.41, 5.74) is 0. The Morgan fingerprint density at radius 2 is 2.23 bits per heavy atom. The Kier molecular flexibility index (Phi) is 6.61. The van der Waals surface area contributed by atoms with Crippen molar-refractivity contribution in [3.8, 4) is 5.75 Å². The van der Waals surface area contributed by atoms with Gasteiger partial charge >= 0.3 is 0 Å². The minimum atomic E-state index is -0.281. The molecule has 5 heteroatoms. The van der Waals surface area contributed by atoms with Gasteiger partial charge in [0.25, 0.3) is 0 Å². The molecule has 0 aromatic heterocycles. The van der Waals surface area contributed by atoms with Crippen LogP contribution >= 0.6 is 0 Å².